The minimum atomic E-state index is -0.517. The van der Waals surface area contributed by atoms with Crippen molar-refractivity contribution in [3.8, 4) is 11.5 Å². The van der Waals surface area contributed by atoms with Gasteiger partial charge < -0.3 is 14.4 Å². The summed E-state index contributed by atoms with van der Waals surface area (Å²) in [5.41, 5.74) is 0.442. The summed E-state index contributed by atoms with van der Waals surface area (Å²) in [6, 6.07) is 7.73. The molecule has 2 heterocycles. The highest BCUT2D eigenvalue weighted by molar-refractivity contribution is 5.88. The van der Waals surface area contributed by atoms with Crippen LogP contribution in [0.5, 0.6) is 11.5 Å². The molecule has 1 N–H and O–H groups in total. The van der Waals surface area contributed by atoms with Gasteiger partial charge in [-0.1, -0.05) is 0 Å². The number of nitrogens with one attached hydrogen (secondary N) is 1. The predicted molar refractivity (Wildman–Crippen MR) is 107 cm³/mol. The zero-order chi connectivity index (χ0) is 19.9. The molecule has 150 valence electrons. The van der Waals surface area contributed by atoms with Crippen molar-refractivity contribution in [2.75, 3.05) is 19.0 Å². The van der Waals surface area contributed by atoms with E-state index in [1.807, 2.05) is 42.8 Å². The van der Waals surface area contributed by atoms with Crippen LogP contribution in [0.1, 0.15) is 45.2 Å². The maximum atomic E-state index is 13.1. The number of fused-ring (bicyclic) bond motifs is 1. The largest absolute Gasteiger partial charge is 0.497 e. The van der Waals surface area contributed by atoms with E-state index in [1.54, 1.807) is 18.2 Å². The molecule has 7 nitrogen and oxygen atoms in total. The van der Waals surface area contributed by atoms with E-state index in [9.17, 15) is 4.79 Å². The summed E-state index contributed by atoms with van der Waals surface area (Å²) < 4.78 is 13.4. The Hall–Kier alpha value is -2.70. The molecular formula is C21H28N4O3. The third-order valence-corrected chi connectivity index (χ3v) is 5.48. The van der Waals surface area contributed by atoms with Gasteiger partial charge in [0.1, 0.15) is 22.9 Å². The lowest BCUT2D eigenvalue weighted by Gasteiger charge is -2.29. The average molecular weight is 384 g/mol. The van der Waals surface area contributed by atoms with E-state index in [-0.39, 0.29) is 6.03 Å². The van der Waals surface area contributed by atoms with Gasteiger partial charge in [0.15, 0.2) is 0 Å². The van der Waals surface area contributed by atoms with Crippen molar-refractivity contribution in [3.05, 3.63) is 36.0 Å². The minimum absolute atomic E-state index is 0.148. The van der Waals surface area contributed by atoms with Crippen LogP contribution in [0.15, 0.2) is 30.5 Å². The number of benzene rings is 1. The van der Waals surface area contributed by atoms with Crippen molar-refractivity contribution in [3.63, 3.8) is 0 Å². The van der Waals surface area contributed by atoms with Crippen molar-refractivity contribution >= 4 is 11.8 Å². The number of carbonyl (C=O) groups is 1. The molecule has 1 aliphatic carbocycles. The normalized spacial score (nSPS) is 19.2. The Morgan fingerprint density at radius 2 is 2.14 bits per heavy atom. The summed E-state index contributed by atoms with van der Waals surface area (Å²) in [4.78, 5) is 14.9. The highest BCUT2D eigenvalue weighted by Gasteiger charge is 2.33. The van der Waals surface area contributed by atoms with Crippen molar-refractivity contribution < 1.29 is 14.3 Å². The first kappa shape index (κ1) is 18.7. The molecule has 4 rings (SSSR count). The average Bonchev–Trinajstić information content (AvgIpc) is 3.42. The predicted octanol–water partition coefficient (Wildman–Crippen LogP) is 4.07. The summed E-state index contributed by atoms with van der Waals surface area (Å²) in [5.74, 6) is 2.89. The first-order chi connectivity index (χ1) is 13.4. The highest BCUT2D eigenvalue weighted by atomic mass is 16.5. The lowest BCUT2D eigenvalue weighted by Crippen LogP contribution is -2.45. The molecule has 0 bridgehead atoms. The zero-order valence-corrected chi connectivity index (χ0v) is 16.9. The van der Waals surface area contributed by atoms with Gasteiger partial charge in [-0.3, -0.25) is 5.32 Å². The summed E-state index contributed by atoms with van der Waals surface area (Å²) in [7, 11) is 1.63. The van der Waals surface area contributed by atoms with Gasteiger partial charge in [-0.25, -0.2) is 9.48 Å². The molecule has 28 heavy (non-hydrogen) atoms. The maximum absolute atomic E-state index is 13.1. The van der Waals surface area contributed by atoms with Crippen LogP contribution in [0.2, 0.25) is 0 Å². The highest BCUT2D eigenvalue weighted by Crippen LogP contribution is 2.40. The number of methoxy groups -OCH3 is 1. The second-order valence-electron chi connectivity index (χ2n) is 8.36. The van der Waals surface area contributed by atoms with Crippen molar-refractivity contribution in [1.29, 1.82) is 0 Å². The number of hydrogen-bond acceptors (Lipinski definition) is 4. The molecule has 0 spiro atoms. The summed E-state index contributed by atoms with van der Waals surface area (Å²) in [6.45, 7) is 7.08. The van der Waals surface area contributed by atoms with Crippen molar-refractivity contribution in [2.45, 2.75) is 51.8 Å². The number of carbonyl (C=O) groups excluding carboxylic acids is 1. The molecule has 0 radical (unpaired) electrons. The van der Waals surface area contributed by atoms with E-state index in [2.05, 4.69) is 17.3 Å². The fraction of sp³-hybridized carbons (Fsp3) is 0.524. The number of amides is 2. The molecule has 1 aromatic carbocycles. The Labute approximate surface area is 165 Å². The summed E-state index contributed by atoms with van der Waals surface area (Å²) in [6.07, 6.45) is 4.20. The number of nitrogens with zero attached hydrogens (tertiary/aromatic N) is 3. The van der Waals surface area contributed by atoms with Crippen LogP contribution in [0.4, 0.5) is 10.6 Å². The number of anilines is 1. The topological polar surface area (TPSA) is 68.6 Å². The third kappa shape index (κ3) is 3.79. The SMILES string of the molecule is COc1ccc2c(c1)OC(C)(C)CN(C(=O)Nc1ccnn1C(C)C1CC1)C2. The Morgan fingerprint density at radius 3 is 2.86 bits per heavy atom. The third-order valence-electron chi connectivity index (χ3n) is 5.48. The van der Waals surface area contributed by atoms with E-state index >= 15 is 0 Å². The van der Waals surface area contributed by atoms with E-state index in [4.69, 9.17) is 9.47 Å². The molecule has 1 unspecified atom stereocenters. The van der Waals surface area contributed by atoms with Crippen LogP contribution >= 0.6 is 0 Å². The number of ether oxygens (including phenoxy) is 2. The van der Waals surface area contributed by atoms with Crippen LogP contribution in [-0.2, 0) is 6.54 Å². The Morgan fingerprint density at radius 1 is 1.36 bits per heavy atom. The van der Waals surface area contributed by atoms with Crippen LogP contribution in [0, 0.1) is 5.92 Å². The molecule has 1 aliphatic heterocycles. The van der Waals surface area contributed by atoms with Crippen molar-refractivity contribution in [2.24, 2.45) is 5.92 Å². The second kappa shape index (κ2) is 7.04. The quantitative estimate of drug-likeness (QED) is 0.863. The minimum Gasteiger partial charge on any atom is -0.497 e. The molecule has 1 fully saturated rings. The van der Waals surface area contributed by atoms with Gasteiger partial charge >= 0.3 is 6.03 Å². The maximum Gasteiger partial charge on any atom is 0.323 e. The van der Waals surface area contributed by atoms with Crippen LogP contribution in [0.3, 0.4) is 0 Å². The molecular weight excluding hydrogens is 356 g/mol. The first-order valence-corrected chi connectivity index (χ1v) is 9.82. The molecule has 1 saturated carbocycles. The summed E-state index contributed by atoms with van der Waals surface area (Å²) >= 11 is 0. The van der Waals surface area contributed by atoms with E-state index in [0.717, 1.165) is 22.9 Å². The van der Waals surface area contributed by atoms with E-state index in [1.165, 1.54) is 12.8 Å². The second-order valence-corrected chi connectivity index (χ2v) is 8.36. The van der Waals surface area contributed by atoms with Gasteiger partial charge in [0.25, 0.3) is 0 Å². The monoisotopic (exact) mass is 384 g/mol. The Bertz CT molecular complexity index is 872. The fourth-order valence-electron chi connectivity index (χ4n) is 3.79. The molecule has 2 aliphatic rings. The van der Waals surface area contributed by atoms with Gasteiger partial charge in [0.05, 0.1) is 32.4 Å². The van der Waals surface area contributed by atoms with Crippen LogP contribution in [0.25, 0.3) is 0 Å². The van der Waals surface area contributed by atoms with Gasteiger partial charge in [-0.05, 0) is 51.7 Å². The number of aromatic nitrogens is 2. The van der Waals surface area contributed by atoms with Gasteiger partial charge in [0.2, 0.25) is 0 Å². The number of rotatable bonds is 4. The lowest BCUT2D eigenvalue weighted by atomic mass is 10.1. The molecule has 2 amide bonds. The van der Waals surface area contributed by atoms with E-state index < -0.39 is 5.60 Å². The summed E-state index contributed by atoms with van der Waals surface area (Å²) in [5, 5.41) is 7.47. The molecule has 7 heteroatoms. The lowest BCUT2D eigenvalue weighted by molar-refractivity contribution is 0.0832. The van der Waals surface area contributed by atoms with Crippen molar-refractivity contribution in [1.82, 2.24) is 14.7 Å². The van der Waals surface area contributed by atoms with Gasteiger partial charge in [-0.15, -0.1) is 0 Å². The van der Waals surface area contributed by atoms with Crippen LogP contribution < -0.4 is 14.8 Å². The molecule has 2 aromatic rings. The molecule has 1 aromatic heterocycles. The van der Waals surface area contributed by atoms with Gasteiger partial charge in [0, 0.05) is 17.7 Å². The number of urea groups is 1. The fourth-order valence-corrected chi connectivity index (χ4v) is 3.79. The van der Waals surface area contributed by atoms with Crippen LogP contribution in [-0.4, -0.2) is 40.0 Å². The smallest absolute Gasteiger partial charge is 0.323 e. The zero-order valence-electron chi connectivity index (χ0n) is 16.9. The van der Waals surface area contributed by atoms with E-state index in [0.29, 0.717) is 25.0 Å². The Balaban J connectivity index is 1.54. The van der Waals surface area contributed by atoms with Gasteiger partial charge in [-0.2, -0.15) is 5.10 Å². The number of hydrogen-bond donors (Lipinski definition) is 1. The molecule has 1 atom stereocenters. The standard InChI is InChI=1S/C21H28N4O3/c1-14(15-5-6-15)25-19(9-10-22-25)23-20(26)24-12-16-7-8-17(27-4)11-18(16)28-21(2,3)13-24/h7-11,14-15H,5-6,12-13H2,1-4H3,(H,23,26). The molecule has 0 saturated heterocycles. The first-order valence-electron chi connectivity index (χ1n) is 9.82. The Kier molecular flexibility index (Phi) is 4.69.